The first kappa shape index (κ1) is 34.2. The van der Waals surface area contributed by atoms with E-state index in [1.54, 1.807) is 25.5 Å². The van der Waals surface area contributed by atoms with Crippen LogP contribution in [0.5, 0.6) is 5.75 Å². The van der Waals surface area contributed by atoms with E-state index < -0.39 is 11.9 Å². The Morgan fingerprint density at radius 3 is 2.49 bits per heavy atom. The van der Waals surface area contributed by atoms with Crippen molar-refractivity contribution in [1.82, 2.24) is 29.9 Å². The van der Waals surface area contributed by atoms with E-state index in [4.69, 9.17) is 4.74 Å². The van der Waals surface area contributed by atoms with Gasteiger partial charge >= 0.3 is 0 Å². The number of benzene rings is 2. The molecule has 0 bridgehead atoms. The standard InChI is InChI=1S/C38H42FN7O5/c1-44-21-30(29-20-40-43-36(29)38(44)50)26-18-31(39)28(33(19-26)51-2)17-23-9-13-45(14-10-23)22-35(48)46-15-11-25(12-16-46)24-3-5-27(6-4-24)41-32-7-8-34(47)42-37(32)49/h3-6,17-21,25,32,41H,7-16,22H2,1-2H3,(H,40,43)(H,42,47,49). The van der Waals surface area contributed by atoms with Crippen LogP contribution in [-0.2, 0) is 21.4 Å². The van der Waals surface area contributed by atoms with Gasteiger partial charge in [0.25, 0.3) is 5.56 Å². The molecular weight excluding hydrogens is 653 g/mol. The topological polar surface area (TPSA) is 142 Å². The maximum absolute atomic E-state index is 15.7. The van der Waals surface area contributed by atoms with Gasteiger partial charge in [-0.05, 0) is 79.5 Å². The van der Waals surface area contributed by atoms with Gasteiger partial charge in [-0.15, -0.1) is 0 Å². The first-order valence-electron chi connectivity index (χ1n) is 17.5. The molecule has 4 aromatic rings. The van der Waals surface area contributed by atoms with Crippen LogP contribution in [0.3, 0.4) is 0 Å². The number of aryl methyl sites for hydroxylation is 1. The number of aromatic amines is 1. The molecule has 0 radical (unpaired) electrons. The number of aromatic nitrogens is 3. The van der Waals surface area contributed by atoms with Gasteiger partial charge in [0.15, 0.2) is 0 Å². The molecule has 0 saturated carbocycles. The first-order chi connectivity index (χ1) is 24.7. The summed E-state index contributed by atoms with van der Waals surface area (Å²) in [5, 5.41) is 13.0. The molecule has 2 aromatic heterocycles. The molecule has 51 heavy (non-hydrogen) atoms. The predicted octanol–water partition coefficient (Wildman–Crippen LogP) is 4.18. The van der Waals surface area contributed by atoms with Crippen LogP contribution < -0.4 is 20.9 Å². The van der Waals surface area contributed by atoms with Crippen LogP contribution in [0.2, 0.25) is 0 Å². The lowest BCUT2D eigenvalue weighted by atomic mass is 9.89. The number of hydrogen-bond donors (Lipinski definition) is 3. The normalized spacial score (nSPS) is 18.9. The van der Waals surface area contributed by atoms with E-state index in [1.165, 1.54) is 23.3 Å². The zero-order valence-electron chi connectivity index (χ0n) is 28.8. The van der Waals surface area contributed by atoms with E-state index in [1.807, 2.05) is 23.1 Å². The van der Waals surface area contributed by atoms with Gasteiger partial charge in [-0.1, -0.05) is 17.7 Å². The summed E-state index contributed by atoms with van der Waals surface area (Å²) in [5.41, 5.74) is 4.96. The lowest BCUT2D eigenvalue weighted by Crippen LogP contribution is -2.47. The Balaban J connectivity index is 0.911. The minimum absolute atomic E-state index is 0.137. The number of methoxy groups -OCH3 is 1. The fourth-order valence-corrected chi connectivity index (χ4v) is 7.42. The fourth-order valence-electron chi connectivity index (χ4n) is 7.42. The Morgan fingerprint density at radius 2 is 1.78 bits per heavy atom. The van der Waals surface area contributed by atoms with Crippen LogP contribution in [0.15, 0.2) is 59.2 Å². The van der Waals surface area contributed by atoms with Crippen molar-refractivity contribution >= 4 is 40.4 Å². The van der Waals surface area contributed by atoms with Gasteiger partial charge in [0.2, 0.25) is 17.7 Å². The highest BCUT2D eigenvalue weighted by atomic mass is 19.1. The Hall–Kier alpha value is -5.30. The van der Waals surface area contributed by atoms with Crippen LogP contribution in [-0.4, -0.2) is 88.2 Å². The largest absolute Gasteiger partial charge is 0.496 e. The van der Waals surface area contributed by atoms with Gasteiger partial charge in [0, 0.05) is 62.5 Å². The number of likely N-dealkylation sites (tertiary alicyclic amines) is 2. The van der Waals surface area contributed by atoms with Crippen molar-refractivity contribution < 1.29 is 23.5 Å². The molecule has 0 aliphatic carbocycles. The minimum Gasteiger partial charge on any atom is -0.496 e. The summed E-state index contributed by atoms with van der Waals surface area (Å²) in [5.74, 6) is -0.0255. The molecule has 3 aliphatic rings. The number of H-pyrrole nitrogens is 1. The monoisotopic (exact) mass is 695 g/mol. The predicted molar refractivity (Wildman–Crippen MR) is 192 cm³/mol. The van der Waals surface area contributed by atoms with E-state index in [2.05, 4.69) is 37.9 Å². The number of imide groups is 1. The fraction of sp³-hybridized carbons (Fsp3) is 0.395. The molecule has 3 fully saturated rings. The Labute approximate surface area is 294 Å². The summed E-state index contributed by atoms with van der Waals surface area (Å²) in [6.07, 6.45) is 9.16. The molecule has 266 valence electrons. The number of piperidine rings is 3. The number of amides is 3. The second kappa shape index (κ2) is 14.5. The zero-order valence-corrected chi connectivity index (χ0v) is 28.8. The van der Waals surface area contributed by atoms with E-state index in [0.717, 1.165) is 36.9 Å². The highest BCUT2D eigenvalue weighted by Crippen LogP contribution is 2.35. The number of nitrogens with one attached hydrogen (secondary N) is 3. The zero-order chi connectivity index (χ0) is 35.6. The maximum atomic E-state index is 15.7. The molecule has 12 nitrogen and oxygen atoms in total. The summed E-state index contributed by atoms with van der Waals surface area (Å²) in [4.78, 5) is 53.4. The van der Waals surface area contributed by atoms with Crippen LogP contribution in [0.1, 0.15) is 55.6 Å². The van der Waals surface area contributed by atoms with Crippen LogP contribution in [0, 0.1) is 5.82 Å². The summed E-state index contributed by atoms with van der Waals surface area (Å²) in [7, 11) is 3.17. The highest BCUT2D eigenvalue weighted by Gasteiger charge is 2.28. The Morgan fingerprint density at radius 1 is 1.04 bits per heavy atom. The second-order valence-corrected chi connectivity index (χ2v) is 13.7. The number of anilines is 1. The quantitative estimate of drug-likeness (QED) is 0.233. The smallest absolute Gasteiger partial charge is 0.276 e. The van der Waals surface area contributed by atoms with Crippen molar-refractivity contribution in [3.8, 4) is 16.9 Å². The van der Waals surface area contributed by atoms with Crippen molar-refractivity contribution in [2.45, 2.75) is 50.5 Å². The number of fused-ring (bicyclic) bond motifs is 1. The molecule has 13 heteroatoms. The number of ether oxygens (including phenoxy) is 1. The average Bonchev–Trinajstić information content (AvgIpc) is 3.63. The number of hydrogen-bond acceptors (Lipinski definition) is 8. The summed E-state index contributed by atoms with van der Waals surface area (Å²) in [6, 6.07) is 11.0. The molecule has 7 rings (SSSR count). The summed E-state index contributed by atoms with van der Waals surface area (Å²) >= 11 is 0. The molecule has 3 aliphatic heterocycles. The van der Waals surface area contributed by atoms with Crippen molar-refractivity contribution in [2.24, 2.45) is 7.05 Å². The van der Waals surface area contributed by atoms with Gasteiger partial charge in [0.1, 0.15) is 23.1 Å². The number of nitrogens with zero attached hydrogens (tertiary/aromatic N) is 4. The number of pyridine rings is 1. The van der Waals surface area contributed by atoms with Gasteiger partial charge < -0.3 is 19.5 Å². The van der Waals surface area contributed by atoms with Gasteiger partial charge in [0.05, 0.1) is 25.4 Å². The third kappa shape index (κ3) is 7.29. The number of carbonyl (C=O) groups is 3. The lowest BCUT2D eigenvalue weighted by molar-refractivity contribution is -0.134. The molecule has 3 N–H and O–H groups in total. The van der Waals surface area contributed by atoms with E-state index >= 15 is 4.39 Å². The van der Waals surface area contributed by atoms with Crippen LogP contribution >= 0.6 is 0 Å². The summed E-state index contributed by atoms with van der Waals surface area (Å²) in [6.45, 7) is 3.21. The van der Waals surface area contributed by atoms with Gasteiger partial charge in [-0.25, -0.2) is 4.39 Å². The second-order valence-electron chi connectivity index (χ2n) is 13.7. The maximum Gasteiger partial charge on any atom is 0.276 e. The molecule has 1 atom stereocenters. The molecule has 5 heterocycles. The molecule has 1 unspecified atom stereocenters. The Bertz CT molecular complexity index is 2050. The van der Waals surface area contributed by atoms with Crippen molar-refractivity contribution in [1.29, 1.82) is 0 Å². The molecule has 0 spiro atoms. The van der Waals surface area contributed by atoms with E-state index in [9.17, 15) is 19.2 Å². The third-order valence-electron chi connectivity index (χ3n) is 10.4. The van der Waals surface area contributed by atoms with Crippen molar-refractivity contribution in [2.75, 3.05) is 45.2 Å². The third-order valence-corrected chi connectivity index (χ3v) is 10.4. The van der Waals surface area contributed by atoms with E-state index in [-0.39, 0.29) is 23.3 Å². The van der Waals surface area contributed by atoms with Crippen molar-refractivity contribution in [3.05, 3.63) is 81.7 Å². The first-order valence-corrected chi connectivity index (χ1v) is 17.5. The lowest BCUT2D eigenvalue weighted by Gasteiger charge is -2.35. The van der Waals surface area contributed by atoms with Crippen molar-refractivity contribution in [3.63, 3.8) is 0 Å². The molecule has 2 aromatic carbocycles. The number of rotatable bonds is 8. The van der Waals surface area contributed by atoms with Gasteiger partial charge in [-0.2, -0.15) is 5.10 Å². The van der Waals surface area contributed by atoms with Crippen LogP contribution in [0.25, 0.3) is 28.1 Å². The summed E-state index contributed by atoms with van der Waals surface area (Å²) < 4.78 is 22.7. The average molecular weight is 696 g/mol. The number of carbonyl (C=O) groups excluding carboxylic acids is 3. The number of halogens is 1. The molecular formula is C38H42FN7O5. The SMILES string of the molecule is COc1cc(-c2cn(C)c(=O)c3[nH]ncc23)cc(F)c1C=C1CCN(CC(=O)N2CCC(c3ccc(NC4CCC(=O)NC4=O)cc3)CC2)CC1. The minimum atomic E-state index is -0.414. The molecule has 3 amide bonds. The van der Waals surface area contributed by atoms with Gasteiger partial charge in [-0.3, -0.25) is 34.5 Å². The highest BCUT2D eigenvalue weighted by molar-refractivity contribution is 6.01. The Kier molecular flexibility index (Phi) is 9.72. The van der Waals surface area contributed by atoms with E-state index in [0.29, 0.717) is 84.8 Å². The molecule has 3 saturated heterocycles. The van der Waals surface area contributed by atoms with Crippen LogP contribution in [0.4, 0.5) is 10.1 Å².